The molecule has 1 aromatic rings. The molecule has 1 fully saturated rings. The van der Waals surface area contributed by atoms with E-state index in [9.17, 15) is 13.2 Å². The molecule has 1 aliphatic carbocycles. The first kappa shape index (κ1) is 15.0. The Morgan fingerprint density at radius 3 is 2.65 bits per heavy atom. The van der Waals surface area contributed by atoms with Gasteiger partial charge in [0.25, 0.3) is 10.0 Å². The summed E-state index contributed by atoms with van der Waals surface area (Å²) in [5.41, 5.74) is 0.177. The van der Waals surface area contributed by atoms with Crippen molar-refractivity contribution in [2.75, 3.05) is 7.11 Å². The average Bonchev–Trinajstić information content (AvgIpc) is 2.98. The molecule has 2 rings (SSSR count). The zero-order valence-electron chi connectivity index (χ0n) is 11.2. The number of nitrogens with one attached hydrogen (secondary N) is 1. The summed E-state index contributed by atoms with van der Waals surface area (Å²) >= 11 is 0. The van der Waals surface area contributed by atoms with Crippen LogP contribution in [0.3, 0.4) is 0 Å². The van der Waals surface area contributed by atoms with Crippen LogP contribution >= 0.6 is 0 Å². The Hall–Kier alpha value is -1.44. The number of esters is 1. The van der Waals surface area contributed by atoms with E-state index in [1.807, 2.05) is 0 Å². The first-order valence-electron chi connectivity index (χ1n) is 6.39. The lowest BCUT2D eigenvalue weighted by atomic mass is 10.2. The van der Waals surface area contributed by atoms with Gasteiger partial charge < -0.3 is 4.74 Å². The Morgan fingerprint density at radius 2 is 2.00 bits per heavy atom. The number of ether oxygens (including phenoxy) is 1. The summed E-state index contributed by atoms with van der Waals surface area (Å²) in [7, 11) is -2.55. The van der Waals surface area contributed by atoms with Gasteiger partial charge in [-0.3, -0.25) is 4.84 Å². The molecule has 0 saturated heterocycles. The molecule has 110 valence electrons. The maximum Gasteiger partial charge on any atom is 0.337 e. The molecule has 7 heteroatoms. The van der Waals surface area contributed by atoms with E-state index in [4.69, 9.17) is 4.84 Å². The van der Waals surface area contributed by atoms with Crippen LogP contribution in [0.5, 0.6) is 0 Å². The molecule has 0 unspecified atom stereocenters. The molecular formula is C13H17NO5S. The molecule has 1 aliphatic rings. The number of carbonyl (C=O) groups is 1. The third-order valence-corrected chi connectivity index (χ3v) is 4.38. The number of carbonyl (C=O) groups excluding carboxylic acids is 1. The van der Waals surface area contributed by atoms with E-state index in [0.29, 0.717) is 0 Å². The maximum absolute atomic E-state index is 12.1. The summed E-state index contributed by atoms with van der Waals surface area (Å²) in [6, 6.07) is 5.62. The maximum atomic E-state index is 12.1. The van der Waals surface area contributed by atoms with Crippen LogP contribution in [0.25, 0.3) is 0 Å². The van der Waals surface area contributed by atoms with Crippen molar-refractivity contribution in [2.45, 2.75) is 36.7 Å². The molecule has 1 saturated carbocycles. The van der Waals surface area contributed by atoms with Gasteiger partial charge in [0.15, 0.2) is 0 Å². The largest absolute Gasteiger partial charge is 0.465 e. The minimum absolute atomic E-state index is 0.0293. The summed E-state index contributed by atoms with van der Waals surface area (Å²) in [6.07, 6.45) is 3.72. The number of sulfonamides is 1. The van der Waals surface area contributed by atoms with Crippen molar-refractivity contribution in [1.82, 2.24) is 4.89 Å². The van der Waals surface area contributed by atoms with Gasteiger partial charge in [0.1, 0.15) is 0 Å². The van der Waals surface area contributed by atoms with Crippen LogP contribution in [0.1, 0.15) is 36.0 Å². The van der Waals surface area contributed by atoms with Gasteiger partial charge in [-0.05, 0) is 31.0 Å². The molecule has 0 bridgehead atoms. The van der Waals surface area contributed by atoms with Crippen molar-refractivity contribution in [3.05, 3.63) is 29.8 Å². The standard InChI is InChI=1S/C13H17NO5S/c1-18-13(15)10-5-4-8-12(9-10)20(16,17)14-19-11-6-2-3-7-11/h4-5,8-9,11,14H,2-3,6-7H2,1H3. The molecule has 0 amide bonds. The van der Waals surface area contributed by atoms with E-state index < -0.39 is 16.0 Å². The fourth-order valence-corrected chi connectivity index (χ4v) is 2.99. The molecule has 0 radical (unpaired) electrons. The highest BCUT2D eigenvalue weighted by atomic mass is 32.2. The summed E-state index contributed by atoms with van der Waals surface area (Å²) < 4.78 is 28.7. The van der Waals surface area contributed by atoms with Gasteiger partial charge in [0.05, 0.1) is 23.7 Å². The van der Waals surface area contributed by atoms with E-state index in [-0.39, 0.29) is 16.6 Å². The van der Waals surface area contributed by atoms with E-state index in [0.717, 1.165) is 25.7 Å². The quantitative estimate of drug-likeness (QED) is 0.660. The Labute approximate surface area is 118 Å². The van der Waals surface area contributed by atoms with Gasteiger partial charge in [0.2, 0.25) is 0 Å². The highest BCUT2D eigenvalue weighted by Gasteiger charge is 2.21. The summed E-state index contributed by atoms with van der Waals surface area (Å²) in [6.45, 7) is 0. The second kappa shape index (κ2) is 6.34. The Balaban J connectivity index is 2.10. The van der Waals surface area contributed by atoms with Crippen LogP contribution < -0.4 is 4.89 Å². The monoisotopic (exact) mass is 299 g/mol. The SMILES string of the molecule is COC(=O)c1cccc(S(=O)(=O)NOC2CCCC2)c1. The van der Waals surface area contributed by atoms with Gasteiger partial charge in [-0.15, -0.1) is 0 Å². The number of hydrogen-bond donors (Lipinski definition) is 1. The normalized spacial score (nSPS) is 16.2. The van der Waals surface area contributed by atoms with E-state index in [1.165, 1.54) is 31.4 Å². The van der Waals surface area contributed by atoms with Gasteiger partial charge in [-0.2, -0.15) is 0 Å². The lowest BCUT2D eigenvalue weighted by Gasteiger charge is -2.12. The molecule has 0 atom stereocenters. The zero-order valence-corrected chi connectivity index (χ0v) is 12.0. The highest BCUT2D eigenvalue weighted by molar-refractivity contribution is 7.89. The van der Waals surface area contributed by atoms with E-state index in [2.05, 4.69) is 9.62 Å². The number of rotatable bonds is 5. The summed E-state index contributed by atoms with van der Waals surface area (Å²) in [4.78, 5) is 18.7. The Kier molecular flexibility index (Phi) is 4.74. The molecule has 0 aromatic heterocycles. The fraction of sp³-hybridized carbons (Fsp3) is 0.462. The number of benzene rings is 1. The second-order valence-electron chi connectivity index (χ2n) is 4.63. The van der Waals surface area contributed by atoms with E-state index in [1.54, 1.807) is 0 Å². The molecular weight excluding hydrogens is 282 g/mol. The lowest BCUT2D eigenvalue weighted by Crippen LogP contribution is -2.28. The molecule has 6 nitrogen and oxygen atoms in total. The predicted octanol–water partition coefficient (Wildman–Crippen LogP) is 1.63. The third-order valence-electron chi connectivity index (χ3n) is 3.19. The molecule has 0 aliphatic heterocycles. The first-order chi connectivity index (χ1) is 9.53. The van der Waals surface area contributed by atoms with Crippen LogP contribution in [0.15, 0.2) is 29.2 Å². The average molecular weight is 299 g/mol. The molecule has 0 heterocycles. The van der Waals surface area contributed by atoms with E-state index >= 15 is 0 Å². The molecule has 20 heavy (non-hydrogen) atoms. The van der Waals surface area contributed by atoms with Crippen molar-refractivity contribution in [3.63, 3.8) is 0 Å². The lowest BCUT2D eigenvalue weighted by molar-refractivity contribution is 0.0223. The minimum Gasteiger partial charge on any atom is -0.465 e. The predicted molar refractivity (Wildman–Crippen MR) is 71.4 cm³/mol. The number of hydrogen-bond acceptors (Lipinski definition) is 5. The third kappa shape index (κ3) is 3.56. The van der Waals surface area contributed by atoms with Gasteiger partial charge in [-0.25, -0.2) is 13.2 Å². The van der Waals surface area contributed by atoms with Gasteiger partial charge >= 0.3 is 5.97 Å². The van der Waals surface area contributed by atoms with Crippen LogP contribution in [0.2, 0.25) is 0 Å². The smallest absolute Gasteiger partial charge is 0.337 e. The van der Waals surface area contributed by atoms with Crippen molar-refractivity contribution >= 4 is 16.0 Å². The zero-order chi connectivity index (χ0) is 14.6. The highest BCUT2D eigenvalue weighted by Crippen LogP contribution is 2.21. The van der Waals surface area contributed by atoms with Gasteiger partial charge in [-0.1, -0.05) is 23.8 Å². The van der Waals surface area contributed by atoms with Crippen LogP contribution in [-0.2, 0) is 19.6 Å². The van der Waals surface area contributed by atoms with Crippen LogP contribution in [0.4, 0.5) is 0 Å². The van der Waals surface area contributed by atoms with Crippen LogP contribution in [0, 0.1) is 0 Å². The van der Waals surface area contributed by atoms with Crippen molar-refractivity contribution in [3.8, 4) is 0 Å². The molecule has 1 N–H and O–H groups in total. The molecule has 0 spiro atoms. The van der Waals surface area contributed by atoms with Crippen molar-refractivity contribution in [2.24, 2.45) is 0 Å². The Bertz CT molecular complexity index is 578. The van der Waals surface area contributed by atoms with Crippen LogP contribution in [-0.4, -0.2) is 27.6 Å². The van der Waals surface area contributed by atoms with Gasteiger partial charge in [0, 0.05) is 0 Å². The fourth-order valence-electron chi connectivity index (χ4n) is 2.09. The first-order valence-corrected chi connectivity index (χ1v) is 7.87. The summed E-state index contributed by atoms with van der Waals surface area (Å²) in [5, 5.41) is 0. The van der Waals surface area contributed by atoms with Crippen molar-refractivity contribution < 1.29 is 22.8 Å². The second-order valence-corrected chi connectivity index (χ2v) is 6.28. The topological polar surface area (TPSA) is 81.7 Å². The minimum atomic E-state index is -3.79. The number of methoxy groups -OCH3 is 1. The van der Waals surface area contributed by atoms with Crippen molar-refractivity contribution in [1.29, 1.82) is 0 Å². The molecule has 1 aromatic carbocycles. The summed E-state index contributed by atoms with van der Waals surface area (Å²) in [5.74, 6) is -0.584. The Morgan fingerprint density at radius 1 is 1.30 bits per heavy atom.